The number of benzene rings is 1. The van der Waals surface area contributed by atoms with Crippen molar-refractivity contribution in [3.05, 3.63) is 50.7 Å². The van der Waals surface area contributed by atoms with Crippen molar-refractivity contribution in [1.82, 2.24) is 5.43 Å². The fourth-order valence-corrected chi connectivity index (χ4v) is 2.70. The summed E-state index contributed by atoms with van der Waals surface area (Å²) in [6.07, 6.45) is 0. The SMILES string of the molecule is Cc1cc(C(NN)c2ccc(Cl)cc2N)cs1. The lowest BCUT2D eigenvalue weighted by molar-refractivity contribution is 0.640. The molecule has 1 unspecified atom stereocenters. The third-order valence-electron chi connectivity index (χ3n) is 2.61. The van der Waals surface area contributed by atoms with E-state index in [1.807, 2.05) is 12.1 Å². The normalized spacial score (nSPS) is 12.6. The molecule has 0 aliphatic heterocycles. The Hall–Kier alpha value is -1.07. The number of nitrogens with two attached hydrogens (primary N) is 2. The third kappa shape index (κ3) is 2.61. The smallest absolute Gasteiger partial charge is 0.0738 e. The highest BCUT2D eigenvalue weighted by Gasteiger charge is 2.16. The summed E-state index contributed by atoms with van der Waals surface area (Å²) >= 11 is 7.57. The van der Waals surface area contributed by atoms with E-state index in [0.29, 0.717) is 10.7 Å². The Morgan fingerprint density at radius 3 is 2.65 bits per heavy atom. The zero-order valence-electron chi connectivity index (χ0n) is 9.41. The van der Waals surface area contributed by atoms with Crippen LogP contribution in [0.25, 0.3) is 0 Å². The molecule has 0 spiro atoms. The molecule has 1 atom stereocenters. The van der Waals surface area contributed by atoms with Crippen LogP contribution in [0.3, 0.4) is 0 Å². The number of rotatable bonds is 3. The number of thiophene rings is 1. The summed E-state index contributed by atoms with van der Waals surface area (Å²) in [5.74, 6) is 5.62. The maximum absolute atomic E-state index is 5.97. The molecule has 90 valence electrons. The van der Waals surface area contributed by atoms with Gasteiger partial charge in [-0.1, -0.05) is 17.7 Å². The minimum absolute atomic E-state index is 0.0998. The van der Waals surface area contributed by atoms with Gasteiger partial charge in [-0.05, 0) is 41.6 Å². The van der Waals surface area contributed by atoms with Crippen molar-refractivity contribution in [2.45, 2.75) is 13.0 Å². The van der Waals surface area contributed by atoms with Crippen LogP contribution >= 0.6 is 22.9 Å². The number of nitrogens with one attached hydrogen (secondary N) is 1. The van der Waals surface area contributed by atoms with E-state index in [9.17, 15) is 0 Å². The topological polar surface area (TPSA) is 64.1 Å². The molecular formula is C12H14ClN3S. The molecule has 1 aromatic heterocycles. The van der Waals surface area contributed by atoms with E-state index < -0.39 is 0 Å². The first-order chi connectivity index (χ1) is 8.11. The molecule has 5 heteroatoms. The quantitative estimate of drug-likeness (QED) is 0.455. The molecule has 0 radical (unpaired) electrons. The van der Waals surface area contributed by atoms with E-state index in [-0.39, 0.29) is 6.04 Å². The van der Waals surface area contributed by atoms with Crippen molar-refractivity contribution in [2.75, 3.05) is 5.73 Å². The van der Waals surface area contributed by atoms with E-state index in [0.717, 1.165) is 11.1 Å². The Morgan fingerprint density at radius 1 is 1.35 bits per heavy atom. The van der Waals surface area contributed by atoms with E-state index in [1.54, 1.807) is 17.4 Å². The molecule has 0 aliphatic rings. The van der Waals surface area contributed by atoms with Crippen LogP contribution in [0.5, 0.6) is 0 Å². The zero-order valence-corrected chi connectivity index (χ0v) is 11.0. The number of hydrogen-bond acceptors (Lipinski definition) is 4. The van der Waals surface area contributed by atoms with Crippen LogP contribution in [-0.4, -0.2) is 0 Å². The fourth-order valence-electron chi connectivity index (χ4n) is 1.79. The maximum atomic E-state index is 5.97. The minimum Gasteiger partial charge on any atom is -0.398 e. The lowest BCUT2D eigenvalue weighted by atomic mass is 10.00. The summed E-state index contributed by atoms with van der Waals surface area (Å²) in [6, 6.07) is 7.45. The van der Waals surface area contributed by atoms with Gasteiger partial charge in [0, 0.05) is 15.6 Å². The molecule has 2 rings (SSSR count). The summed E-state index contributed by atoms with van der Waals surface area (Å²) in [6.45, 7) is 2.06. The van der Waals surface area contributed by atoms with Gasteiger partial charge in [-0.3, -0.25) is 5.84 Å². The second kappa shape index (κ2) is 5.06. The van der Waals surface area contributed by atoms with Crippen LogP contribution in [0.15, 0.2) is 29.6 Å². The van der Waals surface area contributed by atoms with Crippen LogP contribution in [0.1, 0.15) is 22.0 Å². The molecule has 0 aliphatic carbocycles. The van der Waals surface area contributed by atoms with Gasteiger partial charge < -0.3 is 5.73 Å². The molecule has 5 N–H and O–H groups in total. The second-order valence-corrected chi connectivity index (χ2v) is 5.42. The summed E-state index contributed by atoms with van der Waals surface area (Å²) in [4.78, 5) is 1.24. The molecule has 0 bridgehead atoms. The van der Waals surface area contributed by atoms with Gasteiger partial charge in [0.1, 0.15) is 0 Å². The Labute approximate surface area is 109 Å². The number of halogens is 1. The molecule has 0 fully saturated rings. The minimum atomic E-state index is -0.0998. The highest BCUT2D eigenvalue weighted by Crippen LogP contribution is 2.30. The molecular weight excluding hydrogens is 254 g/mol. The first-order valence-corrected chi connectivity index (χ1v) is 6.43. The lowest BCUT2D eigenvalue weighted by Gasteiger charge is -2.17. The van der Waals surface area contributed by atoms with Crippen LogP contribution in [-0.2, 0) is 0 Å². The summed E-state index contributed by atoms with van der Waals surface area (Å²) in [5.41, 5.74) is 11.5. The van der Waals surface area contributed by atoms with Crippen molar-refractivity contribution in [2.24, 2.45) is 5.84 Å². The van der Waals surface area contributed by atoms with Crippen molar-refractivity contribution in [1.29, 1.82) is 0 Å². The van der Waals surface area contributed by atoms with Gasteiger partial charge >= 0.3 is 0 Å². The number of hydrazine groups is 1. The lowest BCUT2D eigenvalue weighted by Crippen LogP contribution is -2.29. The van der Waals surface area contributed by atoms with Crippen LogP contribution < -0.4 is 17.0 Å². The summed E-state index contributed by atoms with van der Waals surface area (Å²) in [5, 5.41) is 2.71. The first-order valence-electron chi connectivity index (χ1n) is 5.18. The van der Waals surface area contributed by atoms with E-state index >= 15 is 0 Å². The largest absolute Gasteiger partial charge is 0.398 e. The fraction of sp³-hybridized carbons (Fsp3) is 0.167. The van der Waals surface area contributed by atoms with Gasteiger partial charge in [-0.2, -0.15) is 0 Å². The number of anilines is 1. The molecule has 0 saturated carbocycles. The Morgan fingerprint density at radius 2 is 2.12 bits per heavy atom. The van der Waals surface area contributed by atoms with Crippen LogP contribution in [0.2, 0.25) is 5.02 Å². The van der Waals surface area contributed by atoms with Gasteiger partial charge in [0.05, 0.1) is 6.04 Å². The molecule has 0 saturated heterocycles. The predicted octanol–water partition coefficient (Wildman–Crippen LogP) is 2.84. The van der Waals surface area contributed by atoms with Crippen LogP contribution in [0, 0.1) is 6.92 Å². The standard InChI is InChI=1S/C12H14ClN3S/c1-7-4-8(6-17-7)12(16-15)10-3-2-9(13)5-11(10)14/h2-6,12,16H,14-15H2,1H3. The molecule has 3 nitrogen and oxygen atoms in total. The van der Waals surface area contributed by atoms with Crippen LogP contribution in [0.4, 0.5) is 5.69 Å². The van der Waals surface area contributed by atoms with Gasteiger partial charge in [0.15, 0.2) is 0 Å². The van der Waals surface area contributed by atoms with E-state index in [1.165, 1.54) is 4.88 Å². The van der Waals surface area contributed by atoms with E-state index in [2.05, 4.69) is 23.8 Å². The van der Waals surface area contributed by atoms with Crippen molar-refractivity contribution in [3.63, 3.8) is 0 Å². The molecule has 0 amide bonds. The third-order valence-corrected chi connectivity index (χ3v) is 3.73. The zero-order chi connectivity index (χ0) is 12.4. The van der Waals surface area contributed by atoms with Crippen molar-refractivity contribution < 1.29 is 0 Å². The number of aryl methyl sites for hydroxylation is 1. The molecule has 17 heavy (non-hydrogen) atoms. The summed E-state index contributed by atoms with van der Waals surface area (Å²) in [7, 11) is 0. The average molecular weight is 268 g/mol. The van der Waals surface area contributed by atoms with Gasteiger partial charge in [0.25, 0.3) is 0 Å². The molecule has 1 heterocycles. The molecule has 1 aromatic carbocycles. The predicted molar refractivity (Wildman–Crippen MR) is 74.1 cm³/mol. The van der Waals surface area contributed by atoms with Gasteiger partial charge in [0.2, 0.25) is 0 Å². The Bertz CT molecular complexity index is 524. The highest BCUT2D eigenvalue weighted by atomic mass is 35.5. The number of nitrogen functional groups attached to an aromatic ring is 1. The van der Waals surface area contributed by atoms with E-state index in [4.69, 9.17) is 23.2 Å². The monoisotopic (exact) mass is 267 g/mol. The summed E-state index contributed by atoms with van der Waals surface area (Å²) < 4.78 is 0. The van der Waals surface area contributed by atoms with Gasteiger partial charge in [-0.25, -0.2) is 5.43 Å². The maximum Gasteiger partial charge on any atom is 0.0738 e. The number of hydrogen-bond donors (Lipinski definition) is 3. The average Bonchev–Trinajstić information content (AvgIpc) is 2.69. The van der Waals surface area contributed by atoms with Crippen molar-refractivity contribution in [3.8, 4) is 0 Å². The first kappa shape index (κ1) is 12.4. The van der Waals surface area contributed by atoms with Crippen molar-refractivity contribution >= 4 is 28.6 Å². The second-order valence-electron chi connectivity index (χ2n) is 3.86. The van der Waals surface area contributed by atoms with Gasteiger partial charge in [-0.15, -0.1) is 11.3 Å². The molecule has 2 aromatic rings. The Kier molecular flexibility index (Phi) is 3.69. The highest BCUT2D eigenvalue weighted by molar-refractivity contribution is 7.10. The Balaban J connectivity index is 2.42.